The number of benzene rings is 4. The molecule has 0 aliphatic heterocycles. The number of unbranched alkanes of at least 4 members (excludes halogenated alkanes) is 1. The molecule has 0 fully saturated rings. The van der Waals surface area contributed by atoms with E-state index in [2.05, 4.69) is 0 Å². The summed E-state index contributed by atoms with van der Waals surface area (Å²) >= 11 is 0. The lowest BCUT2D eigenvalue weighted by Crippen LogP contribution is -1.95. The van der Waals surface area contributed by atoms with E-state index in [0.717, 1.165) is 49.1 Å². The number of fused-ring (bicyclic) bond motifs is 1. The van der Waals surface area contributed by atoms with Gasteiger partial charge in [0.1, 0.15) is 17.5 Å². The molecular weight excluding hydrogens is 407 g/mol. The van der Waals surface area contributed by atoms with Crippen molar-refractivity contribution in [2.45, 2.75) is 26.2 Å². The van der Waals surface area contributed by atoms with Gasteiger partial charge in [-0.2, -0.15) is 0 Å². The average Bonchev–Trinajstić information content (AvgIpc) is 2.72. The molecule has 0 amide bonds. The summed E-state index contributed by atoms with van der Waals surface area (Å²) < 4.78 is 71.4. The fourth-order valence-electron chi connectivity index (χ4n) is 3.73. The molecule has 0 heterocycles. The van der Waals surface area contributed by atoms with Crippen LogP contribution in [-0.4, -0.2) is 0 Å². The molecule has 31 heavy (non-hydrogen) atoms. The van der Waals surface area contributed by atoms with Gasteiger partial charge in [0.25, 0.3) is 0 Å². The van der Waals surface area contributed by atoms with Crippen molar-refractivity contribution in [3.8, 4) is 22.3 Å². The van der Waals surface area contributed by atoms with Crippen molar-refractivity contribution in [1.29, 1.82) is 0 Å². The van der Waals surface area contributed by atoms with Crippen LogP contribution in [0.4, 0.5) is 22.0 Å². The Hall–Kier alpha value is -3.21. The summed E-state index contributed by atoms with van der Waals surface area (Å²) in [6.07, 6.45) is 2.65. The lowest BCUT2D eigenvalue weighted by Gasteiger charge is -2.11. The highest BCUT2D eigenvalue weighted by Crippen LogP contribution is 2.34. The van der Waals surface area contributed by atoms with Gasteiger partial charge in [-0.3, -0.25) is 0 Å². The number of aryl methyl sites for hydroxylation is 1. The van der Waals surface area contributed by atoms with E-state index < -0.39 is 29.1 Å². The van der Waals surface area contributed by atoms with Gasteiger partial charge >= 0.3 is 0 Å². The molecule has 0 saturated carbocycles. The molecule has 0 spiro atoms. The van der Waals surface area contributed by atoms with E-state index >= 15 is 0 Å². The van der Waals surface area contributed by atoms with Gasteiger partial charge in [0.15, 0.2) is 11.6 Å². The lowest BCUT2D eigenvalue weighted by atomic mass is 9.96. The second kappa shape index (κ2) is 8.50. The highest BCUT2D eigenvalue weighted by atomic mass is 19.2. The van der Waals surface area contributed by atoms with Gasteiger partial charge in [-0.15, -0.1) is 0 Å². The minimum atomic E-state index is -1.04. The third-order valence-corrected chi connectivity index (χ3v) is 5.37. The molecule has 0 radical (unpaired) electrons. The van der Waals surface area contributed by atoms with Crippen LogP contribution in [0.3, 0.4) is 0 Å². The van der Waals surface area contributed by atoms with Crippen LogP contribution in [0.5, 0.6) is 0 Å². The fourth-order valence-corrected chi connectivity index (χ4v) is 3.73. The summed E-state index contributed by atoms with van der Waals surface area (Å²) in [7, 11) is 0. The summed E-state index contributed by atoms with van der Waals surface area (Å²) in [6.45, 7) is 2.04. The maximum Gasteiger partial charge on any atom is 0.159 e. The monoisotopic (exact) mass is 426 g/mol. The molecule has 0 aliphatic carbocycles. The van der Waals surface area contributed by atoms with Crippen molar-refractivity contribution in [3.63, 3.8) is 0 Å². The molecule has 0 bridgehead atoms. The summed E-state index contributed by atoms with van der Waals surface area (Å²) in [6, 6.07) is 13.1. The van der Waals surface area contributed by atoms with Gasteiger partial charge in [-0.05, 0) is 76.7 Å². The number of hydrogen-bond acceptors (Lipinski definition) is 0. The maximum atomic E-state index is 14.9. The third kappa shape index (κ3) is 4.18. The second-order valence-electron chi connectivity index (χ2n) is 7.56. The van der Waals surface area contributed by atoms with Gasteiger partial charge in [0, 0.05) is 5.56 Å². The Kier molecular flexibility index (Phi) is 5.77. The Morgan fingerprint density at radius 3 is 1.90 bits per heavy atom. The standard InChI is InChI=1S/C26H19F5/c1-2-3-4-15-5-8-20(21(27)9-15)19-13-24(30)26(25(31)14-19)17-7-6-16-11-22(28)23(29)12-18(16)10-17/h5-14H,2-4H2,1H3. The van der Waals surface area contributed by atoms with Crippen LogP contribution in [0.1, 0.15) is 25.3 Å². The van der Waals surface area contributed by atoms with Crippen LogP contribution in [-0.2, 0) is 6.42 Å². The van der Waals surface area contributed by atoms with Crippen molar-refractivity contribution < 1.29 is 22.0 Å². The first-order valence-electron chi connectivity index (χ1n) is 10.0. The molecule has 0 aliphatic rings. The van der Waals surface area contributed by atoms with Crippen LogP contribution >= 0.6 is 0 Å². The third-order valence-electron chi connectivity index (χ3n) is 5.37. The van der Waals surface area contributed by atoms with Crippen LogP contribution in [0.15, 0.2) is 60.7 Å². The molecule has 5 heteroatoms. The van der Waals surface area contributed by atoms with Gasteiger partial charge in [0.2, 0.25) is 0 Å². The normalized spacial score (nSPS) is 11.3. The number of halogens is 5. The second-order valence-corrected chi connectivity index (χ2v) is 7.56. The van der Waals surface area contributed by atoms with E-state index in [1.807, 2.05) is 6.92 Å². The molecule has 0 unspecified atom stereocenters. The highest BCUT2D eigenvalue weighted by Gasteiger charge is 2.17. The van der Waals surface area contributed by atoms with E-state index in [-0.39, 0.29) is 22.3 Å². The molecular formula is C26H19F5. The SMILES string of the molecule is CCCCc1ccc(-c2cc(F)c(-c3ccc4cc(F)c(F)cc4c3)c(F)c2)c(F)c1. The maximum absolute atomic E-state index is 14.9. The largest absolute Gasteiger partial charge is 0.206 e. The first-order chi connectivity index (χ1) is 14.9. The van der Waals surface area contributed by atoms with Crippen LogP contribution in [0, 0.1) is 29.1 Å². The van der Waals surface area contributed by atoms with Crippen LogP contribution < -0.4 is 0 Å². The van der Waals surface area contributed by atoms with Crippen LogP contribution in [0.25, 0.3) is 33.0 Å². The summed E-state index contributed by atoms with van der Waals surface area (Å²) in [5.41, 5.74) is 0.902. The molecule has 158 valence electrons. The van der Waals surface area contributed by atoms with E-state index in [9.17, 15) is 22.0 Å². The van der Waals surface area contributed by atoms with Crippen LogP contribution in [0.2, 0.25) is 0 Å². The van der Waals surface area contributed by atoms with Crippen molar-refractivity contribution in [1.82, 2.24) is 0 Å². The fraction of sp³-hybridized carbons (Fsp3) is 0.154. The molecule has 4 rings (SSSR count). The van der Waals surface area contributed by atoms with E-state index in [0.29, 0.717) is 10.8 Å². The Balaban J connectivity index is 1.74. The van der Waals surface area contributed by atoms with Crippen molar-refractivity contribution in [2.24, 2.45) is 0 Å². The van der Waals surface area contributed by atoms with Crippen molar-refractivity contribution in [2.75, 3.05) is 0 Å². The Morgan fingerprint density at radius 2 is 1.26 bits per heavy atom. The molecule has 4 aromatic rings. The molecule has 0 saturated heterocycles. The first-order valence-corrected chi connectivity index (χ1v) is 10.0. The zero-order valence-corrected chi connectivity index (χ0v) is 16.8. The summed E-state index contributed by atoms with van der Waals surface area (Å²) in [4.78, 5) is 0. The minimum Gasteiger partial charge on any atom is -0.206 e. The summed E-state index contributed by atoms with van der Waals surface area (Å²) in [5.74, 6) is -4.32. The molecule has 4 aromatic carbocycles. The van der Waals surface area contributed by atoms with E-state index in [1.54, 1.807) is 6.07 Å². The van der Waals surface area contributed by atoms with Crippen molar-refractivity contribution in [3.05, 3.63) is 95.3 Å². The first kappa shape index (κ1) is 21.0. The predicted molar refractivity (Wildman–Crippen MR) is 113 cm³/mol. The number of hydrogen-bond donors (Lipinski definition) is 0. The molecule has 0 atom stereocenters. The van der Waals surface area contributed by atoms with Gasteiger partial charge < -0.3 is 0 Å². The number of rotatable bonds is 5. The van der Waals surface area contributed by atoms with Crippen molar-refractivity contribution >= 4 is 10.8 Å². The van der Waals surface area contributed by atoms with Gasteiger partial charge in [-0.1, -0.05) is 37.6 Å². The Morgan fingerprint density at radius 1 is 0.581 bits per heavy atom. The quantitative estimate of drug-likeness (QED) is 0.282. The zero-order chi connectivity index (χ0) is 22.1. The topological polar surface area (TPSA) is 0 Å². The lowest BCUT2D eigenvalue weighted by molar-refractivity contribution is 0.511. The predicted octanol–water partition coefficient (Wildman–Crippen LogP) is 8.21. The molecule has 0 aromatic heterocycles. The van der Waals surface area contributed by atoms with Gasteiger partial charge in [-0.25, -0.2) is 22.0 Å². The Labute approximate surface area is 177 Å². The smallest absolute Gasteiger partial charge is 0.159 e. The molecule has 0 nitrogen and oxygen atoms in total. The minimum absolute atomic E-state index is 0.0900. The Bertz CT molecular complexity index is 1250. The zero-order valence-electron chi connectivity index (χ0n) is 16.8. The van der Waals surface area contributed by atoms with E-state index in [4.69, 9.17) is 0 Å². The summed E-state index contributed by atoms with van der Waals surface area (Å²) in [5, 5.41) is 0.721. The average molecular weight is 426 g/mol. The van der Waals surface area contributed by atoms with Gasteiger partial charge in [0.05, 0.1) is 5.56 Å². The highest BCUT2D eigenvalue weighted by molar-refractivity contribution is 5.88. The van der Waals surface area contributed by atoms with E-state index in [1.165, 1.54) is 30.3 Å². The molecule has 0 N–H and O–H groups in total.